The molecular formula is C21H14F26O4. The lowest BCUT2D eigenvalue weighted by atomic mass is 9.93. The number of alkyl halides is 26. The van der Waals surface area contributed by atoms with E-state index in [9.17, 15) is 124 Å². The van der Waals surface area contributed by atoms with Gasteiger partial charge in [0.2, 0.25) is 0 Å². The third-order valence-electron chi connectivity index (χ3n) is 6.12. The summed E-state index contributed by atoms with van der Waals surface area (Å²) in [6, 6.07) is 0. The number of ether oxygens (including phenoxy) is 2. The van der Waals surface area contributed by atoms with Crippen LogP contribution in [0.25, 0.3) is 0 Å². The lowest BCUT2D eigenvalue weighted by Crippen LogP contribution is -2.70. The van der Waals surface area contributed by atoms with Gasteiger partial charge in [-0.15, -0.1) is 0 Å². The summed E-state index contributed by atoms with van der Waals surface area (Å²) in [7, 11) is 0. The molecular weight excluding hydrogens is 810 g/mol. The number of hydrogen-bond donors (Lipinski definition) is 0. The highest BCUT2D eigenvalue weighted by Crippen LogP contribution is 2.62. The van der Waals surface area contributed by atoms with Crippen molar-refractivity contribution in [3.63, 3.8) is 0 Å². The predicted octanol–water partition coefficient (Wildman–Crippen LogP) is 9.50. The van der Waals surface area contributed by atoms with E-state index in [1.165, 1.54) is 0 Å². The molecule has 0 bridgehead atoms. The second-order valence-corrected chi connectivity index (χ2v) is 9.79. The van der Waals surface area contributed by atoms with Gasteiger partial charge in [0.05, 0.1) is 26.1 Å². The molecule has 30 heteroatoms. The molecule has 0 rings (SSSR count). The summed E-state index contributed by atoms with van der Waals surface area (Å²) in [5, 5.41) is 0. The third kappa shape index (κ3) is 8.36. The van der Waals surface area contributed by atoms with Crippen molar-refractivity contribution < 1.29 is 133 Å². The maximum atomic E-state index is 13.6. The van der Waals surface area contributed by atoms with Crippen molar-refractivity contribution >= 4 is 11.9 Å². The van der Waals surface area contributed by atoms with Crippen LogP contribution in [0.1, 0.15) is 32.1 Å². The van der Waals surface area contributed by atoms with E-state index in [4.69, 9.17) is 0 Å². The van der Waals surface area contributed by atoms with Crippen LogP contribution in [0.4, 0.5) is 114 Å². The fraction of sp³-hybridized carbons (Fsp3) is 0.905. The maximum Gasteiger partial charge on any atom is 0.460 e. The molecule has 0 amide bonds. The van der Waals surface area contributed by atoms with Gasteiger partial charge in [0.25, 0.3) is 0 Å². The molecule has 51 heavy (non-hydrogen) atoms. The first-order valence-corrected chi connectivity index (χ1v) is 12.2. The van der Waals surface area contributed by atoms with E-state index in [1.54, 1.807) is 0 Å². The number of rotatable bonds is 18. The van der Waals surface area contributed by atoms with Crippen molar-refractivity contribution in [3.8, 4) is 0 Å². The summed E-state index contributed by atoms with van der Waals surface area (Å²) in [6.45, 7) is -4.43. The van der Waals surface area contributed by atoms with Crippen LogP contribution in [0.5, 0.6) is 0 Å². The van der Waals surface area contributed by atoms with Gasteiger partial charge >= 0.3 is 83.5 Å². The second-order valence-electron chi connectivity index (χ2n) is 9.79. The zero-order valence-corrected chi connectivity index (χ0v) is 23.4. The normalized spacial score (nSPS) is 15.6. The van der Waals surface area contributed by atoms with Crippen LogP contribution < -0.4 is 0 Å². The third-order valence-corrected chi connectivity index (χ3v) is 6.12. The SMILES string of the molecule is O=C(CCCC(=O)OCCC(F)(F)C(F)(F)C(F)(F)C(F)(F)C(F)(F)C(F)(F)F)OCCC(F)(F)C(F)(F)C(F)(F)C(F)(F)C(F)(F)C(F)(F)F. The molecule has 0 fully saturated rings. The Kier molecular flexibility index (Phi) is 13.4. The van der Waals surface area contributed by atoms with Gasteiger partial charge in [0.1, 0.15) is 0 Å². The molecule has 0 unspecified atom stereocenters. The van der Waals surface area contributed by atoms with Crippen LogP contribution >= 0.6 is 0 Å². The van der Waals surface area contributed by atoms with E-state index >= 15 is 0 Å². The van der Waals surface area contributed by atoms with Crippen LogP contribution in [0.15, 0.2) is 0 Å². The molecule has 0 N–H and O–H groups in total. The molecule has 0 atom stereocenters. The van der Waals surface area contributed by atoms with Crippen LogP contribution in [-0.2, 0) is 19.1 Å². The van der Waals surface area contributed by atoms with Crippen molar-refractivity contribution in [1.82, 2.24) is 0 Å². The first-order valence-electron chi connectivity index (χ1n) is 12.2. The summed E-state index contributed by atoms with van der Waals surface area (Å²) >= 11 is 0. The highest BCUT2D eigenvalue weighted by molar-refractivity contribution is 5.72. The molecule has 0 aliphatic carbocycles. The first-order chi connectivity index (χ1) is 22.0. The minimum absolute atomic E-state index is 1.05. The predicted molar refractivity (Wildman–Crippen MR) is 107 cm³/mol. The van der Waals surface area contributed by atoms with Crippen LogP contribution in [0.2, 0.25) is 0 Å². The average Bonchev–Trinajstić information content (AvgIpc) is 2.90. The lowest BCUT2D eigenvalue weighted by Gasteiger charge is -2.39. The van der Waals surface area contributed by atoms with Crippen LogP contribution in [0, 0.1) is 0 Å². The van der Waals surface area contributed by atoms with Crippen molar-refractivity contribution in [2.45, 2.75) is 104 Å². The monoisotopic (exact) mass is 824 g/mol. The standard InChI is InChI=1S/C21H14F26O4/c22-10(23,12(26,27)14(30,31)16(34,35)18(38,39)20(42,43)44)4-6-50-8(48)2-1-3-9(49)51-7-5-11(24,25)13(28,29)15(32,33)17(36,37)19(40,41)21(45,46)47/h1-7H2. The van der Waals surface area contributed by atoms with Gasteiger partial charge in [-0.2, -0.15) is 114 Å². The molecule has 304 valence electrons. The highest BCUT2D eigenvalue weighted by Gasteiger charge is 2.92. The Labute approximate surface area is 263 Å². The zero-order valence-electron chi connectivity index (χ0n) is 23.4. The maximum absolute atomic E-state index is 13.6. The van der Waals surface area contributed by atoms with Crippen molar-refractivity contribution in [2.24, 2.45) is 0 Å². The number of carbonyl (C=O) groups excluding carboxylic acids is 2. The van der Waals surface area contributed by atoms with E-state index in [-0.39, 0.29) is 0 Å². The topological polar surface area (TPSA) is 52.6 Å². The molecule has 0 saturated carbocycles. The van der Waals surface area contributed by atoms with Crippen LogP contribution in [0.3, 0.4) is 0 Å². The first kappa shape index (κ1) is 48.1. The minimum atomic E-state index is -8.21. The van der Waals surface area contributed by atoms with Crippen molar-refractivity contribution in [2.75, 3.05) is 13.2 Å². The van der Waals surface area contributed by atoms with E-state index in [0.29, 0.717) is 0 Å². The number of esters is 2. The van der Waals surface area contributed by atoms with E-state index < -0.39 is 129 Å². The summed E-state index contributed by atoms with van der Waals surface area (Å²) in [6.07, 6.45) is -25.0. The van der Waals surface area contributed by atoms with E-state index in [2.05, 4.69) is 9.47 Å². The number of halogens is 26. The summed E-state index contributed by atoms with van der Waals surface area (Å²) in [4.78, 5) is 22.8. The second kappa shape index (κ2) is 14.2. The molecule has 0 saturated heterocycles. The summed E-state index contributed by atoms with van der Waals surface area (Å²) in [5.41, 5.74) is 0. The smallest absolute Gasteiger partial charge is 0.460 e. The number of hydrogen-bond acceptors (Lipinski definition) is 4. The lowest BCUT2D eigenvalue weighted by molar-refractivity contribution is -0.440. The molecule has 0 aromatic rings. The van der Waals surface area contributed by atoms with Gasteiger partial charge in [-0.25, -0.2) is 0 Å². The van der Waals surface area contributed by atoms with Gasteiger partial charge in [-0.3, -0.25) is 9.59 Å². The average molecular weight is 824 g/mol. The van der Waals surface area contributed by atoms with Gasteiger partial charge in [0.15, 0.2) is 0 Å². The van der Waals surface area contributed by atoms with Gasteiger partial charge in [-0.1, -0.05) is 0 Å². The quantitative estimate of drug-likeness (QED) is 0.102. The van der Waals surface area contributed by atoms with Gasteiger partial charge in [-0.05, 0) is 6.42 Å². The highest BCUT2D eigenvalue weighted by atomic mass is 19.4. The minimum Gasteiger partial charge on any atom is -0.465 e. The molecule has 0 spiro atoms. The van der Waals surface area contributed by atoms with E-state index in [1.807, 2.05) is 0 Å². The zero-order chi connectivity index (χ0) is 41.5. The molecule has 0 aromatic carbocycles. The fourth-order valence-corrected chi connectivity index (χ4v) is 3.03. The molecule has 0 aliphatic heterocycles. The number of carbonyl (C=O) groups is 2. The molecule has 0 heterocycles. The largest absolute Gasteiger partial charge is 0.465 e. The Morgan fingerprint density at radius 2 is 0.549 bits per heavy atom. The summed E-state index contributed by atoms with van der Waals surface area (Å²) < 4.78 is 346. The Morgan fingerprint density at radius 1 is 0.333 bits per heavy atom. The molecule has 4 nitrogen and oxygen atoms in total. The van der Waals surface area contributed by atoms with Crippen LogP contribution in [-0.4, -0.2) is 96.7 Å². The Bertz CT molecular complexity index is 1120. The van der Waals surface area contributed by atoms with E-state index in [0.717, 1.165) is 0 Å². The molecule has 0 aromatic heterocycles. The Hall–Kier alpha value is -2.88. The fourth-order valence-electron chi connectivity index (χ4n) is 3.03. The van der Waals surface area contributed by atoms with Crippen molar-refractivity contribution in [1.29, 1.82) is 0 Å². The van der Waals surface area contributed by atoms with Crippen molar-refractivity contribution in [3.05, 3.63) is 0 Å². The molecule has 0 aliphatic rings. The molecule has 0 radical (unpaired) electrons. The summed E-state index contributed by atoms with van der Waals surface area (Å²) in [5.74, 6) is -81.3. The Balaban J connectivity index is 5.22. The van der Waals surface area contributed by atoms with Gasteiger partial charge < -0.3 is 9.47 Å². The van der Waals surface area contributed by atoms with Gasteiger partial charge in [0, 0.05) is 12.8 Å². The Morgan fingerprint density at radius 3 is 0.765 bits per heavy atom.